The van der Waals surface area contributed by atoms with E-state index < -0.39 is 0 Å². The largest absolute Gasteiger partial charge is 0.469 e. The molecule has 1 aromatic carbocycles. The van der Waals surface area contributed by atoms with Crippen molar-refractivity contribution in [1.29, 1.82) is 0 Å². The van der Waals surface area contributed by atoms with Crippen LogP contribution in [0.5, 0.6) is 0 Å². The number of benzene rings is 1. The molecule has 1 N–H and O–H groups in total. The Hall–Kier alpha value is -2.12. The lowest BCUT2D eigenvalue weighted by Gasteiger charge is -2.35. The Labute approximate surface area is 187 Å². The van der Waals surface area contributed by atoms with Crippen molar-refractivity contribution in [3.8, 4) is 0 Å². The summed E-state index contributed by atoms with van der Waals surface area (Å²) >= 11 is 0. The summed E-state index contributed by atoms with van der Waals surface area (Å²) < 4.78 is 4.88. The minimum atomic E-state index is -0.0801. The molecule has 0 bridgehead atoms. The Morgan fingerprint density at radius 3 is 2.35 bits per heavy atom. The van der Waals surface area contributed by atoms with Crippen LogP contribution in [0.15, 0.2) is 35.3 Å². The van der Waals surface area contributed by atoms with Gasteiger partial charge in [0.1, 0.15) is 0 Å². The van der Waals surface area contributed by atoms with E-state index in [0.717, 1.165) is 77.6 Å². The third-order valence-corrected chi connectivity index (χ3v) is 6.44. The van der Waals surface area contributed by atoms with E-state index >= 15 is 0 Å². The lowest BCUT2D eigenvalue weighted by molar-refractivity contribution is -0.146. The molecule has 31 heavy (non-hydrogen) atoms. The Kier molecular flexibility index (Phi) is 9.62. The van der Waals surface area contributed by atoms with Crippen LogP contribution < -0.4 is 5.32 Å². The minimum Gasteiger partial charge on any atom is -0.469 e. The van der Waals surface area contributed by atoms with Gasteiger partial charge in [-0.25, -0.2) is 0 Å². The number of hydrogen-bond donors (Lipinski definition) is 1. The molecule has 0 spiro atoms. The predicted molar refractivity (Wildman–Crippen MR) is 125 cm³/mol. The summed E-state index contributed by atoms with van der Waals surface area (Å²) in [5.41, 5.74) is 1.41. The number of ether oxygens (including phenoxy) is 1. The quantitative estimate of drug-likeness (QED) is 0.295. The van der Waals surface area contributed by atoms with E-state index in [1.165, 1.54) is 25.6 Å². The van der Waals surface area contributed by atoms with Crippen molar-refractivity contribution in [2.75, 3.05) is 66.5 Å². The number of esters is 1. The number of piperidine rings is 1. The number of hydrogen-bond acceptors (Lipinski definition) is 5. The zero-order chi connectivity index (χ0) is 21.9. The van der Waals surface area contributed by atoms with E-state index in [-0.39, 0.29) is 11.9 Å². The van der Waals surface area contributed by atoms with Gasteiger partial charge in [-0.1, -0.05) is 30.3 Å². The second kappa shape index (κ2) is 12.7. The van der Waals surface area contributed by atoms with Crippen LogP contribution in [-0.4, -0.2) is 93.1 Å². The maximum absolute atomic E-state index is 11.7. The van der Waals surface area contributed by atoms with Crippen molar-refractivity contribution >= 4 is 11.9 Å². The van der Waals surface area contributed by atoms with Gasteiger partial charge in [0.25, 0.3) is 0 Å². The normalized spacial score (nSPS) is 19.4. The van der Waals surface area contributed by atoms with Crippen LogP contribution in [0.3, 0.4) is 0 Å². The number of piperazine rings is 1. The van der Waals surface area contributed by atoms with Crippen LogP contribution in [0, 0.1) is 5.92 Å². The first-order chi connectivity index (χ1) is 15.2. The summed E-state index contributed by atoms with van der Waals surface area (Å²) in [6.45, 7) is 9.52. The number of nitrogens with zero attached hydrogens (tertiary/aromatic N) is 4. The zero-order valence-electron chi connectivity index (χ0n) is 19.3. The average Bonchev–Trinajstić information content (AvgIpc) is 2.83. The molecule has 2 heterocycles. The molecule has 3 rings (SSSR count). The number of nitrogens with one attached hydrogen (secondary N) is 1. The van der Waals surface area contributed by atoms with Crippen LogP contribution in [0.25, 0.3) is 0 Å². The van der Waals surface area contributed by atoms with E-state index in [0.29, 0.717) is 0 Å². The van der Waals surface area contributed by atoms with Gasteiger partial charge in [-0.2, -0.15) is 0 Å². The second-order valence-corrected chi connectivity index (χ2v) is 8.57. The molecule has 7 nitrogen and oxygen atoms in total. The van der Waals surface area contributed by atoms with Gasteiger partial charge in [0.05, 0.1) is 13.0 Å². The van der Waals surface area contributed by atoms with E-state index in [9.17, 15) is 4.79 Å². The van der Waals surface area contributed by atoms with Crippen molar-refractivity contribution in [3.63, 3.8) is 0 Å². The molecular weight excluding hydrogens is 390 g/mol. The highest BCUT2D eigenvalue weighted by atomic mass is 16.5. The summed E-state index contributed by atoms with van der Waals surface area (Å²) in [6.07, 6.45) is 4.02. The molecule has 172 valence electrons. The van der Waals surface area contributed by atoms with Gasteiger partial charge in [0.2, 0.25) is 0 Å². The number of carbonyl (C=O) groups is 1. The molecule has 2 aliphatic heterocycles. The Bertz CT molecular complexity index is 680. The van der Waals surface area contributed by atoms with Crippen LogP contribution in [0.4, 0.5) is 0 Å². The fourth-order valence-electron chi connectivity index (χ4n) is 4.50. The third kappa shape index (κ3) is 7.51. The summed E-state index contributed by atoms with van der Waals surface area (Å²) in [4.78, 5) is 23.5. The predicted octanol–water partition coefficient (Wildman–Crippen LogP) is 2.04. The number of unbranched alkanes of at least 4 members (excludes halogenated alkanes) is 1. The fourth-order valence-corrected chi connectivity index (χ4v) is 4.50. The van der Waals surface area contributed by atoms with Gasteiger partial charge in [-0.05, 0) is 37.8 Å². The van der Waals surface area contributed by atoms with Crippen molar-refractivity contribution in [3.05, 3.63) is 35.9 Å². The van der Waals surface area contributed by atoms with Gasteiger partial charge in [-0.3, -0.25) is 14.7 Å². The fraction of sp³-hybridized carbons (Fsp3) is 0.667. The molecule has 0 aliphatic carbocycles. The molecule has 2 saturated heterocycles. The van der Waals surface area contributed by atoms with Gasteiger partial charge < -0.3 is 19.9 Å². The summed E-state index contributed by atoms with van der Waals surface area (Å²) in [5.74, 6) is 0.911. The number of rotatable bonds is 8. The standard InChI is InChI=1S/C24H39N5O2/c1-25-24(29-14-10-22(11-15-29)23(30)31-2)26-12-6-7-13-27-16-18-28(19-17-27)20-21-8-4-3-5-9-21/h3-5,8-9,22H,6-7,10-20H2,1-2H3,(H,25,26). The minimum absolute atomic E-state index is 0.0347. The molecule has 0 amide bonds. The third-order valence-electron chi connectivity index (χ3n) is 6.44. The highest BCUT2D eigenvalue weighted by Crippen LogP contribution is 2.18. The smallest absolute Gasteiger partial charge is 0.308 e. The topological polar surface area (TPSA) is 60.4 Å². The molecule has 1 aromatic rings. The van der Waals surface area contributed by atoms with Crippen LogP contribution in [-0.2, 0) is 16.1 Å². The van der Waals surface area contributed by atoms with Crippen LogP contribution in [0.1, 0.15) is 31.2 Å². The first kappa shape index (κ1) is 23.5. The van der Waals surface area contributed by atoms with E-state index in [4.69, 9.17) is 4.74 Å². The summed E-state index contributed by atoms with van der Waals surface area (Å²) in [5, 5.41) is 3.50. The monoisotopic (exact) mass is 429 g/mol. The molecule has 0 unspecified atom stereocenters. The summed E-state index contributed by atoms with van der Waals surface area (Å²) in [7, 11) is 3.31. The number of likely N-dealkylation sites (tertiary alicyclic amines) is 1. The molecule has 2 fully saturated rings. The first-order valence-corrected chi connectivity index (χ1v) is 11.7. The lowest BCUT2D eigenvalue weighted by Crippen LogP contribution is -2.47. The highest BCUT2D eigenvalue weighted by Gasteiger charge is 2.26. The maximum atomic E-state index is 11.7. The van der Waals surface area contributed by atoms with E-state index in [1.807, 2.05) is 7.05 Å². The average molecular weight is 430 g/mol. The first-order valence-electron chi connectivity index (χ1n) is 11.7. The van der Waals surface area contributed by atoms with E-state index in [2.05, 4.69) is 55.3 Å². The molecule has 2 aliphatic rings. The van der Waals surface area contributed by atoms with Crippen molar-refractivity contribution in [2.45, 2.75) is 32.2 Å². The Balaban J connectivity index is 1.25. The van der Waals surface area contributed by atoms with Crippen LogP contribution >= 0.6 is 0 Å². The van der Waals surface area contributed by atoms with Gasteiger partial charge >= 0.3 is 5.97 Å². The number of aliphatic imine (C=N–C) groups is 1. The lowest BCUT2D eigenvalue weighted by atomic mass is 9.97. The van der Waals surface area contributed by atoms with Gasteiger partial charge in [-0.15, -0.1) is 0 Å². The Morgan fingerprint density at radius 2 is 1.71 bits per heavy atom. The molecule has 0 radical (unpaired) electrons. The van der Waals surface area contributed by atoms with Crippen molar-refractivity contribution < 1.29 is 9.53 Å². The second-order valence-electron chi connectivity index (χ2n) is 8.57. The number of carbonyl (C=O) groups excluding carboxylic acids is 1. The maximum Gasteiger partial charge on any atom is 0.308 e. The van der Waals surface area contributed by atoms with Crippen molar-refractivity contribution in [2.24, 2.45) is 10.9 Å². The van der Waals surface area contributed by atoms with Crippen LogP contribution in [0.2, 0.25) is 0 Å². The molecule has 7 heteroatoms. The van der Waals surface area contributed by atoms with Crippen molar-refractivity contribution in [1.82, 2.24) is 20.0 Å². The molecular formula is C24H39N5O2. The zero-order valence-corrected chi connectivity index (χ0v) is 19.3. The van der Waals surface area contributed by atoms with Gasteiger partial charge in [0, 0.05) is 59.4 Å². The molecule has 0 aromatic heterocycles. The molecule has 0 saturated carbocycles. The molecule has 0 atom stereocenters. The SMILES string of the molecule is CN=C(NCCCCN1CCN(Cc2ccccc2)CC1)N1CCC(C(=O)OC)CC1. The number of guanidine groups is 1. The van der Waals surface area contributed by atoms with E-state index in [1.54, 1.807) is 0 Å². The highest BCUT2D eigenvalue weighted by molar-refractivity contribution is 5.80. The van der Waals surface area contributed by atoms with Gasteiger partial charge in [0.15, 0.2) is 5.96 Å². The Morgan fingerprint density at radius 1 is 1.03 bits per heavy atom. The summed E-state index contributed by atoms with van der Waals surface area (Å²) in [6, 6.07) is 10.8. The number of methoxy groups -OCH3 is 1.